The van der Waals surface area contributed by atoms with Crippen molar-refractivity contribution in [2.24, 2.45) is 0 Å². The van der Waals surface area contributed by atoms with Crippen molar-refractivity contribution in [2.75, 3.05) is 37.7 Å². The molecule has 1 amide bonds. The van der Waals surface area contributed by atoms with Crippen molar-refractivity contribution >= 4 is 24.1 Å². The molecule has 7 heteroatoms. The van der Waals surface area contributed by atoms with E-state index in [1.165, 1.54) is 11.8 Å². The Labute approximate surface area is 111 Å². The first-order chi connectivity index (χ1) is 8.67. The number of carboxylic acids is 1. The summed E-state index contributed by atoms with van der Waals surface area (Å²) < 4.78 is 5.61. The molecule has 6 nitrogen and oxygen atoms in total. The predicted molar refractivity (Wildman–Crippen MR) is 69.8 cm³/mol. The number of amides is 1. The first kappa shape index (κ1) is 15.3. The van der Waals surface area contributed by atoms with Crippen molar-refractivity contribution in [2.45, 2.75) is 19.1 Å². The lowest BCUT2D eigenvalue weighted by Crippen LogP contribution is -2.44. The molecule has 0 aromatic heterocycles. The van der Waals surface area contributed by atoms with Gasteiger partial charge in [-0.2, -0.15) is 11.8 Å². The summed E-state index contributed by atoms with van der Waals surface area (Å²) in [6.45, 7) is 5.71. The van der Waals surface area contributed by atoms with Gasteiger partial charge in [0.1, 0.15) is 6.04 Å². The van der Waals surface area contributed by atoms with Crippen molar-refractivity contribution in [3.8, 4) is 0 Å². The van der Waals surface area contributed by atoms with Crippen LogP contribution >= 0.6 is 11.8 Å². The Balaban J connectivity index is 2.23. The molecular formula is C11H20N2O4S. The van der Waals surface area contributed by atoms with Crippen LogP contribution in [0.4, 0.5) is 0 Å². The van der Waals surface area contributed by atoms with Crippen LogP contribution in [0.5, 0.6) is 0 Å². The van der Waals surface area contributed by atoms with Gasteiger partial charge in [0, 0.05) is 24.6 Å². The summed E-state index contributed by atoms with van der Waals surface area (Å²) >= 11 is 1.49. The highest BCUT2D eigenvalue weighted by Gasteiger charge is 2.21. The SMILES string of the molecule is CCN1CCOC(CSCC(NC=O)C(=O)O)C1. The van der Waals surface area contributed by atoms with Crippen LogP contribution in [0.3, 0.4) is 0 Å². The van der Waals surface area contributed by atoms with Gasteiger partial charge in [0.05, 0.1) is 12.7 Å². The highest BCUT2D eigenvalue weighted by molar-refractivity contribution is 7.99. The zero-order chi connectivity index (χ0) is 13.4. The molecule has 1 aliphatic heterocycles. The summed E-state index contributed by atoms with van der Waals surface area (Å²) in [6, 6.07) is -0.821. The maximum atomic E-state index is 10.8. The molecule has 18 heavy (non-hydrogen) atoms. The molecule has 0 radical (unpaired) electrons. The second kappa shape index (κ2) is 8.34. The fraction of sp³-hybridized carbons (Fsp3) is 0.818. The number of nitrogens with zero attached hydrogens (tertiary/aromatic N) is 1. The van der Waals surface area contributed by atoms with E-state index in [2.05, 4.69) is 17.1 Å². The largest absolute Gasteiger partial charge is 0.480 e. The summed E-state index contributed by atoms with van der Waals surface area (Å²) in [6.07, 6.45) is 0.573. The summed E-state index contributed by atoms with van der Waals surface area (Å²) in [5.74, 6) is 0.107. The predicted octanol–water partition coefficient (Wildman–Crippen LogP) is -0.360. The standard InChI is InChI=1S/C11H20N2O4S/c1-2-13-3-4-17-9(5-13)6-18-7-10(11(15)16)12-8-14/h8-10H,2-7H2,1H3,(H,12,14)(H,15,16). The Bertz CT molecular complexity index is 278. The maximum Gasteiger partial charge on any atom is 0.327 e. The quantitative estimate of drug-likeness (QED) is 0.589. The zero-order valence-electron chi connectivity index (χ0n) is 10.5. The molecule has 0 saturated carbocycles. The molecule has 2 unspecified atom stereocenters. The van der Waals surface area contributed by atoms with Gasteiger partial charge in [0.25, 0.3) is 0 Å². The van der Waals surface area contributed by atoms with E-state index in [-0.39, 0.29) is 6.10 Å². The lowest BCUT2D eigenvalue weighted by Gasteiger charge is -2.32. The van der Waals surface area contributed by atoms with E-state index in [0.717, 1.165) is 32.0 Å². The number of carboxylic acid groups (broad SMARTS) is 1. The monoisotopic (exact) mass is 276 g/mol. The third-order valence-corrected chi connectivity index (χ3v) is 4.00. The number of carbonyl (C=O) groups is 2. The van der Waals surface area contributed by atoms with Crippen molar-refractivity contribution in [1.82, 2.24) is 10.2 Å². The molecule has 2 atom stereocenters. The average molecular weight is 276 g/mol. The Hall–Kier alpha value is -0.790. The smallest absolute Gasteiger partial charge is 0.327 e. The van der Waals surface area contributed by atoms with E-state index >= 15 is 0 Å². The summed E-state index contributed by atoms with van der Waals surface area (Å²) in [4.78, 5) is 23.4. The van der Waals surface area contributed by atoms with E-state index in [4.69, 9.17) is 9.84 Å². The van der Waals surface area contributed by atoms with Crippen LogP contribution in [0.1, 0.15) is 6.92 Å². The van der Waals surface area contributed by atoms with E-state index in [9.17, 15) is 9.59 Å². The molecular weight excluding hydrogens is 256 g/mol. The molecule has 2 N–H and O–H groups in total. The number of hydrogen-bond donors (Lipinski definition) is 2. The summed E-state index contributed by atoms with van der Waals surface area (Å²) in [5.41, 5.74) is 0. The third-order valence-electron chi connectivity index (χ3n) is 2.83. The normalized spacial score (nSPS) is 22.4. The Morgan fingerprint density at radius 1 is 1.72 bits per heavy atom. The van der Waals surface area contributed by atoms with Crippen LogP contribution in [0, 0.1) is 0 Å². The molecule has 0 aliphatic carbocycles. The maximum absolute atomic E-state index is 10.8. The van der Waals surface area contributed by atoms with Gasteiger partial charge in [-0.15, -0.1) is 0 Å². The number of carbonyl (C=O) groups excluding carboxylic acids is 1. The molecule has 0 aromatic rings. The number of ether oxygens (including phenoxy) is 1. The van der Waals surface area contributed by atoms with Crippen molar-refractivity contribution in [1.29, 1.82) is 0 Å². The Morgan fingerprint density at radius 3 is 3.11 bits per heavy atom. The molecule has 1 heterocycles. The second-order valence-corrected chi connectivity index (χ2v) is 5.17. The van der Waals surface area contributed by atoms with Crippen molar-refractivity contribution in [3.63, 3.8) is 0 Å². The molecule has 1 rings (SSSR count). The van der Waals surface area contributed by atoms with E-state index in [0.29, 0.717) is 12.2 Å². The highest BCUT2D eigenvalue weighted by atomic mass is 32.2. The first-order valence-electron chi connectivity index (χ1n) is 6.01. The van der Waals surface area contributed by atoms with Crippen LogP contribution < -0.4 is 5.32 Å². The van der Waals surface area contributed by atoms with Gasteiger partial charge in [0.2, 0.25) is 6.41 Å². The molecule has 1 aliphatic rings. The van der Waals surface area contributed by atoms with Crippen LogP contribution in [0.15, 0.2) is 0 Å². The topological polar surface area (TPSA) is 78.9 Å². The molecule has 0 aromatic carbocycles. The van der Waals surface area contributed by atoms with Crippen molar-refractivity contribution in [3.05, 3.63) is 0 Å². The van der Waals surface area contributed by atoms with E-state index in [1.54, 1.807) is 0 Å². The van der Waals surface area contributed by atoms with Gasteiger partial charge < -0.3 is 15.2 Å². The van der Waals surface area contributed by atoms with Crippen LogP contribution in [-0.4, -0.2) is 72.3 Å². The molecule has 0 bridgehead atoms. The van der Waals surface area contributed by atoms with Gasteiger partial charge in [-0.1, -0.05) is 6.92 Å². The second-order valence-electron chi connectivity index (χ2n) is 4.10. The van der Waals surface area contributed by atoms with E-state index in [1.807, 2.05) is 0 Å². The number of rotatable bonds is 8. The van der Waals surface area contributed by atoms with Crippen LogP contribution in [0.2, 0.25) is 0 Å². The molecule has 1 fully saturated rings. The number of morpholine rings is 1. The lowest BCUT2D eigenvalue weighted by atomic mass is 10.3. The first-order valence-corrected chi connectivity index (χ1v) is 7.17. The number of thioether (sulfide) groups is 1. The fourth-order valence-corrected chi connectivity index (χ4v) is 2.83. The minimum Gasteiger partial charge on any atom is -0.480 e. The van der Waals surface area contributed by atoms with Gasteiger partial charge >= 0.3 is 5.97 Å². The molecule has 104 valence electrons. The number of hydrogen-bond acceptors (Lipinski definition) is 5. The average Bonchev–Trinajstić information content (AvgIpc) is 2.38. The highest BCUT2D eigenvalue weighted by Crippen LogP contribution is 2.12. The van der Waals surface area contributed by atoms with Crippen LogP contribution in [-0.2, 0) is 14.3 Å². The van der Waals surface area contributed by atoms with Gasteiger partial charge in [-0.05, 0) is 6.54 Å². The fourth-order valence-electron chi connectivity index (χ4n) is 1.76. The third kappa shape index (κ3) is 5.24. The van der Waals surface area contributed by atoms with Gasteiger partial charge in [-0.3, -0.25) is 9.69 Å². The minimum absolute atomic E-state index is 0.148. The van der Waals surface area contributed by atoms with Gasteiger partial charge in [-0.25, -0.2) is 4.79 Å². The number of nitrogens with one attached hydrogen (secondary N) is 1. The van der Waals surface area contributed by atoms with Crippen LogP contribution in [0.25, 0.3) is 0 Å². The summed E-state index contributed by atoms with van der Waals surface area (Å²) in [7, 11) is 0. The summed E-state index contributed by atoms with van der Waals surface area (Å²) in [5, 5.41) is 11.1. The number of likely N-dealkylation sites (N-methyl/N-ethyl adjacent to an activating group) is 1. The Kier molecular flexibility index (Phi) is 7.07. The Morgan fingerprint density at radius 2 is 2.50 bits per heavy atom. The molecule has 1 saturated heterocycles. The van der Waals surface area contributed by atoms with E-state index < -0.39 is 12.0 Å². The lowest BCUT2D eigenvalue weighted by molar-refractivity contribution is -0.139. The molecule has 0 spiro atoms. The minimum atomic E-state index is -1.01. The van der Waals surface area contributed by atoms with Crippen molar-refractivity contribution < 1.29 is 19.4 Å². The zero-order valence-corrected chi connectivity index (χ0v) is 11.3. The number of aliphatic carboxylic acids is 1. The van der Waals surface area contributed by atoms with Gasteiger partial charge in [0.15, 0.2) is 0 Å².